The van der Waals surface area contributed by atoms with Crippen molar-refractivity contribution < 1.29 is 0 Å². The van der Waals surface area contributed by atoms with Gasteiger partial charge in [-0.25, -0.2) is 0 Å². The number of likely N-dealkylation sites (N-methyl/N-ethyl adjacent to an activating group) is 2. The fraction of sp³-hybridized carbons (Fsp3) is 1.00. The second-order valence-corrected chi connectivity index (χ2v) is 5.84. The Hall–Kier alpha value is -0.120. The largest absolute Gasteiger partial charge is 0.313 e. The molecule has 2 rings (SSSR count). The lowest BCUT2D eigenvalue weighted by Gasteiger charge is -2.46. The van der Waals surface area contributed by atoms with Gasteiger partial charge >= 0.3 is 0 Å². The molecule has 0 amide bonds. The van der Waals surface area contributed by atoms with Gasteiger partial charge in [-0.05, 0) is 33.4 Å². The van der Waals surface area contributed by atoms with Gasteiger partial charge in [0.05, 0.1) is 0 Å². The SMILES string of the molecule is CCNC1CCCCC1N1CCN(C)C(C)C1. The lowest BCUT2D eigenvalue weighted by molar-refractivity contribution is 0.0430. The maximum absolute atomic E-state index is 3.70. The summed E-state index contributed by atoms with van der Waals surface area (Å²) in [4.78, 5) is 5.23. The maximum atomic E-state index is 3.70. The molecule has 1 saturated heterocycles. The number of hydrogen-bond donors (Lipinski definition) is 1. The number of piperazine rings is 1. The first-order valence-electron chi connectivity index (χ1n) is 7.40. The highest BCUT2D eigenvalue weighted by Gasteiger charge is 2.32. The van der Waals surface area contributed by atoms with Crippen LogP contribution in [0.3, 0.4) is 0 Å². The van der Waals surface area contributed by atoms with Gasteiger partial charge in [0.1, 0.15) is 0 Å². The third-order valence-electron chi connectivity index (χ3n) is 4.66. The van der Waals surface area contributed by atoms with Crippen molar-refractivity contribution in [2.75, 3.05) is 33.2 Å². The molecule has 2 fully saturated rings. The van der Waals surface area contributed by atoms with Crippen LogP contribution >= 0.6 is 0 Å². The molecule has 0 bridgehead atoms. The molecule has 3 nitrogen and oxygen atoms in total. The molecule has 0 radical (unpaired) electrons. The van der Waals surface area contributed by atoms with Crippen molar-refractivity contribution >= 4 is 0 Å². The van der Waals surface area contributed by atoms with Crippen molar-refractivity contribution in [3.8, 4) is 0 Å². The van der Waals surface area contributed by atoms with E-state index in [0.29, 0.717) is 6.04 Å². The lowest BCUT2D eigenvalue weighted by atomic mass is 9.88. The molecule has 3 atom stereocenters. The van der Waals surface area contributed by atoms with Crippen LogP contribution in [0.15, 0.2) is 0 Å². The molecule has 1 aliphatic carbocycles. The van der Waals surface area contributed by atoms with Gasteiger partial charge in [-0.1, -0.05) is 19.8 Å². The van der Waals surface area contributed by atoms with E-state index in [1.54, 1.807) is 0 Å². The topological polar surface area (TPSA) is 18.5 Å². The molecule has 0 aromatic carbocycles. The first-order valence-corrected chi connectivity index (χ1v) is 7.40. The zero-order valence-electron chi connectivity index (χ0n) is 11.8. The molecule has 0 aromatic heterocycles. The summed E-state index contributed by atoms with van der Waals surface area (Å²) in [6.45, 7) is 9.45. The van der Waals surface area contributed by atoms with Crippen LogP contribution in [-0.4, -0.2) is 61.2 Å². The van der Waals surface area contributed by atoms with E-state index in [0.717, 1.165) is 18.6 Å². The Morgan fingerprint density at radius 2 is 1.94 bits per heavy atom. The van der Waals surface area contributed by atoms with Crippen LogP contribution in [-0.2, 0) is 0 Å². The molecular formula is C14H29N3. The van der Waals surface area contributed by atoms with E-state index in [9.17, 15) is 0 Å². The fourth-order valence-electron chi connectivity index (χ4n) is 3.43. The van der Waals surface area contributed by atoms with Crippen LogP contribution in [0, 0.1) is 0 Å². The molecule has 1 saturated carbocycles. The summed E-state index contributed by atoms with van der Waals surface area (Å²) in [7, 11) is 2.25. The summed E-state index contributed by atoms with van der Waals surface area (Å²) in [5.41, 5.74) is 0. The molecule has 1 aliphatic heterocycles. The van der Waals surface area contributed by atoms with Gasteiger partial charge in [0, 0.05) is 37.8 Å². The highest BCUT2D eigenvalue weighted by atomic mass is 15.3. The predicted octanol–water partition coefficient (Wildman–Crippen LogP) is 1.54. The van der Waals surface area contributed by atoms with E-state index in [4.69, 9.17) is 0 Å². The monoisotopic (exact) mass is 239 g/mol. The van der Waals surface area contributed by atoms with Crippen LogP contribution in [0.1, 0.15) is 39.5 Å². The molecule has 3 heteroatoms. The van der Waals surface area contributed by atoms with Crippen molar-refractivity contribution in [1.82, 2.24) is 15.1 Å². The van der Waals surface area contributed by atoms with Gasteiger partial charge in [0.2, 0.25) is 0 Å². The Morgan fingerprint density at radius 3 is 2.65 bits per heavy atom. The third-order valence-corrected chi connectivity index (χ3v) is 4.66. The van der Waals surface area contributed by atoms with E-state index in [1.807, 2.05) is 0 Å². The average molecular weight is 239 g/mol. The highest BCUT2D eigenvalue weighted by molar-refractivity contribution is 4.91. The summed E-state index contributed by atoms with van der Waals surface area (Å²) >= 11 is 0. The van der Waals surface area contributed by atoms with Crippen molar-refractivity contribution in [1.29, 1.82) is 0 Å². The summed E-state index contributed by atoms with van der Waals surface area (Å²) in [6, 6.07) is 2.25. The minimum Gasteiger partial charge on any atom is -0.313 e. The zero-order valence-corrected chi connectivity index (χ0v) is 11.8. The maximum Gasteiger partial charge on any atom is 0.0250 e. The van der Waals surface area contributed by atoms with E-state index >= 15 is 0 Å². The molecule has 0 spiro atoms. The summed E-state index contributed by atoms with van der Waals surface area (Å²) in [5.74, 6) is 0. The Labute approximate surface area is 107 Å². The Morgan fingerprint density at radius 1 is 1.18 bits per heavy atom. The Kier molecular flexibility index (Phi) is 4.83. The molecule has 3 unspecified atom stereocenters. The predicted molar refractivity (Wildman–Crippen MR) is 73.4 cm³/mol. The van der Waals surface area contributed by atoms with Crippen LogP contribution in [0.4, 0.5) is 0 Å². The van der Waals surface area contributed by atoms with Crippen LogP contribution in [0.25, 0.3) is 0 Å². The summed E-state index contributed by atoms with van der Waals surface area (Å²) in [6.07, 6.45) is 5.61. The van der Waals surface area contributed by atoms with Crippen molar-refractivity contribution in [2.24, 2.45) is 0 Å². The van der Waals surface area contributed by atoms with Gasteiger partial charge < -0.3 is 10.2 Å². The van der Waals surface area contributed by atoms with Gasteiger partial charge in [0.25, 0.3) is 0 Å². The number of rotatable bonds is 3. The van der Waals surface area contributed by atoms with Crippen molar-refractivity contribution in [3.63, 3.8) is 0 Å². The van der Waals surface area contributed by atoms with Gasteiger partial charge in [-0.15, -0.1) is 0 Å². The van der Waals surface area contributed by atoms with E-state index in [-0.39, 0.29) is 0 Å². The first kappa shape index (κ1) is 13.3. The van der Waals surface area contributed by atoms with Crippen molar-refractivity contribution in [3.05, 3.63) is 0 Å². The van der Waals surface area contributed by atoms with Gasteiger partial charge in [0.15, 0.2) is 0 Å². The summed E-state index contributed by atoms with van der Waals surface area (Å²) < 4.78 is 0. The number of nitrogens with zero attached hydrogens (tertiary/aromatic N) is 2. The molecule has 1 heterocycles. The average Bonchev–Trinajstić information content (AvgIpc) is 2.34. The highest BCUT2D eigenvalue weighted by Crippen LogP contribution is 2.25. The van der Waals surface area contributed by atoms with E-state index in [2.05, 4.69) is 36.0 Å². The number of nitrogens with one attached hydrogen (secondary N) is 1. The molecule has 100 valence electrons. The van der Waals surface area contributed by atoms with Crippen LogP contribution < -0.4 is 5.32 Å². The van der Waals surface area contributed by atoms with E-state index in [1.165, 1.54) is 45.3 Å². The molecular weight excluding hydrogens is 210 g/mol. The quantitative estimate of drug-likeness (QED) is 0.806. The van der Waals surface area contributed by atoms with Gasteiger partial charge in [-0.2, -0.15) is 0 Å². The molecule has 0 aromatic rings. The molecule has 1 N–H and O–H groups in total. The normalized spacial score (nSPS) is 37.2. The first-order chi connectivity index (χ1) is 8.22. The third kappa shape index (κ3) is 3.21. The minimum absolute atomic E-state index is 0.716. The second kappa shape index (κ2) is 6.17. The second-order valence-electron chi connectivity index (χ2n) is 5.84. The molecule has 2 aliphatic rings. The lowest BCUT2D eigenvalue weighted by Crippen LogP contribution is -2.59. The smallest absolute Gasteiger partial charge is 0.0250 e. The van der Waals surface area contributed by atoms with Crippen LogP contribution in [0.5, 0.6) is 0 Å². The fourth-order valence-corrected chi connectivity index (χ4v) is 3.43. The zero-order chi connectivity index (χ0) is 12.3. The number of hydrogen-bond acceptors (Lipinski definition) is 3. The summed E-state index contributed by atoms with van der Waals surface area (Å²) in [5, 5.41) is 3.70. The van der Waals surface area contributed by atoms with Gasteiger partial charge in [-0.3, -0.25) is 4.90 Å². The standard InChI is InChI=1S/C14H29N3/c1-4-15-13-7-5-6-8-14(13)17-10-9-16(3)12(2)11-17/h12-15H,4-11H2,1-3H3. The molecule has 17 heavy (non-hydrogen) atoms. The van der Waals surface area contributed by atoms with Crippen molar-refractivity contribution in [2.45, 2.75) is 57.7 Å². The van der Waals surface area contributed by atoms with Crippen LogP contribution in [0.2, 0.25) is 0 Å². The minimum atomic E-state index is 0.716. The Bertz CT molecular complexity index is 230. The Balaban J connectivity index is 1.94. The van der Waals surface area contributed by atoms with E-state index < -0.39 is 0 Å².